The van der Waals surface area contributed by atoms with E-state index in [1.54, 1.807) is 12.1 Å². The van der Waals surface area contributed by atoms with E-state index in [-0.39, 0.29) is 18.2 Å². The lowest BCUT2D eigenvalue weighted by molar-refractivity contribution is -0.121. The van der Waals surface area contributed by atoms with Crippen molar-refractivity contribution >= 4 is 17.5 Å². The molecule has 0 radical (unpaired) electrons. The second kappa shape index (κ2) is 6.37. The number of amides is 2. The Bertz CT molecular complexity index is 512. The van der Waals surface area contributed by atoms with Crippen molar-refractivity contribution in [1.29, 1.82) is 0 Å². The van der Waals surface area contributed by atoms with Crippen LogP contribution in [-0.2, 0) is 14.3 Å². The molecule has 0 saturated carbocycles. The van der Waals surface area contributed by atoms with Gasteiger partial charge in [-0.2, -0.15) is 0 Å². The van der Waals surface area contributed by atoms with Crippen LogP contribution in [-0.4, -0.2) is 37.6 Å². The van der Waals surface area contributed by atoms with E-state index in [0.717, 1.165) is 32.6 Å². The molecule has 2 aliphatic heterocycles. The third kappa shape index (κ3) is 3.14. The lowest BCUT2D eigenvalue weighted by Gasteiger charge is -2.23. The quantitative estimate of drug-likeness (QED) is 0.849. The number of hydrogen-bond donors (Lipinski definition) is 1. The summed E-state index contributed by atoms with van der Waals surface area (Å²) in [4.78, 5) is 25.8. The van der Waals surface area contributed by atoms with Crippen LogP contribution in [0.4, 0.5) is 5.69 Å². The fourth-order valence-electron chi connectivity index (χ4n) is 2.92. The van der Waals surface area contributed by atoms with Crippen LogP contribution in [0.2, 0.25) is 0 Å². The SMILES string of the molecule is O=C1CC(NCC2CCCOC2)C(=O)N1c1ccccc1. The summed E-state index contributed by atoms with van der Waals surface area (Å²) < 4.78 is 5.43. The summed E-state index contributed by atoms with van der Waals surface area (Å²) in [7, 11) is 0. The zero-order valence-corrected chi connectivity index (χ0v) is 12.0. The maximum absolute atomic E-state index is 12.4. The molecule has 2 unspecified atom stereocenters. The van der Waals surface area contributed by atoms with E-state index >= 15 is 0 Å². The van der Waals surface area contributed by atoms with Crippen LogP contribution in [0.1, 0.15) is 19.3 Å². The second-order valence-corrected chi connectivity index (χ2v) is 5.65. The Balaban J connectivity index is 1.61. The Kier molecular flexibility index (Phi) is 4.31. The van der Waals surface area contributed by atoms with Crippen molar-refractivity contribution in [2.45, 2.75) is 25.3 Å². The smallest absolute Gasteiger partial charge is 0.251 e. The van der Waals surface area contributed by atoms with E-state index in [9.17, 15) is 9.59 Å². The number of imide groups is 1. The average Bonchev–Trinajstić information content (AvgIpc) is 2.81. The third-order valence-corrected chi connectivity index (χ3v) is 4.07. The fraction of sp³-hybridized carbons (Fsp3) is 0.500. The Hall–Kier alpha value is -1.72. The zero-order chi connectivity index (χ0) is 14.7. The van der Waals surface area contributed by atoms with Crippen molar-refractivity contribution in [3.8, 4) is 0 Å². The minimum atomic E-state index is -0.403. The van der Waals surface area contributed by atoms with Crippen LogP contribution >= 0.6 is 0 Å². The lowest BCUT2D eigenvalue weighted by atomic mass is 10.0. The van der Waals surface area contributed by atoms with E-state index < -0.39 is 6.04 Å². The molecule has 2 atom stereocenters. The van der Waals surface area contributed by atoms with Crippen LogP contribution in [0, 0.1) is 5.92 Å². The largest absolute Gasteiger partial charge is 0.381 e. The first-order chi connectivity index (χ1) is 10.3. The molecule has 2 fully saturated rings. The van der Waals surface area contributed by atoms with E-state index in [1.807, 2.05) is 18.2 Å². The molecule has 21 heavy (non-hydrogen) atoms. The van der Waals surface area contributed by atoms with Crippen LogP contribution in [0.3, 0.4) is 0 Å². The predicted molar refractivity (Wildman–Crippen MR) is 78.9 cm³/mol. The first-order valence-corrected chi connectivity index (χ1v) is 7.48. The van der Waals surface area contributed by atoms with Crippen molar-refractivity contribution in [1.82, 2.24) is 5.32 Å². The number of carbonyl (C=O) groups excluding carboxylic acids is 2. The molecule has 0 bridgehead atoms. The second-order valence-electron chi connectivity index (χ2n) is 5.65. The van der Waals surface area contributed by atoms with Gasteiger partial charge in [0.2, 0.25) is 5.91 Å². The Morgan fingerprint density at radius 2 is 2.05 bits per heavy atom. The topological polar surface area (TPSA) is 58.6 Å². The summed E-state index contributed by atoms with van der Waals surface area (Å²) in [6.07, 6.45) is 2.42. The number of anilines is 1. The van der Waals surface area contributed by atoms with E-state index in [0.29, 0.717) is 11.6 Å². The van der Waals surface area contributed by atoms with Gasteiger partial charge in [0.05, 0.1) is 24.8 Å². The molecule has 1 aromatic carbocycles. The molecular formula is C16H20N2O3. The maximum Gasteiger partial charge on any atom is 0.251 e. The van der Waals surface area contributed by atoms with Gasteiger partial charge < -0.3 is 10.1 Å². The third-order valence-electron chi connectivity index (χ3n) is 4.07. The molecule has 2 saturated heterocycles. The fourth-order valence-corrected chi connectivity index (χ4v) is 2.92. The molecule has 5 nitrogen and oxygen atoms in total. The summed E-state index contributed by atoms with van der Waals surface area (Å²) in [5.74, 6) is 0.152. The molecule has 1 N–H and O–H groups in total. The molecule has 112 valence electrons. The number of nitrogens with one attached hydrogen (secondary N) is 1. The van der Waals surface area contributed by atoms with Crippen LogP contribution < -0.4 is 10.2 Å². The summed E-state index contributed by atoms with van der Waals surface area (Å²) >= 11 is 0. The molecule has 1 aromatic rings. The van der Waals surface area contributed by atoms with E-state index in [4.69, 9.17) is 4.74 Å². The van der Waals surface area contributed by atoms with Crippen LogP contribution in [0.25, 0.3) is 0 Å². The van der Waals surface area contributed by atoms with Crippen molar-refractivity contribution < 1.29 is 14.3 Å². The number of para-hydroxylation sites is 1. The van der Waals surface area contributed by atoms with Gasteiger partial charge in [0.1, 0.15) is 0 Å². The normalized spacial score (nSPS) is 26.4. The predicted octanol–water partition coefficient (Wildman–Crippen LogP) is 1.33. The van der Waals surface area contributed by atoms with Crippen molar-refractivity contribution in [3.05, 3.63) is 30.3 Å². The molecule has 0 spiro atoms. The highest BCUT2D eigenvalue weighted by atomic mass is 16.5. The van der Waals surface area contributed by atoms with Gasteiger partial charge >= 0.3 is 0 Å². The number of hydrogen-bond acceptors (Lipinski definition) is 4. The molecular weight excluding hydrogens is 268 g/mol. The van der Waals surface area contributed by atoms with Gasteiger partial charge in [-0.3, -0.25) is 9.59 Å². The van der Waals surface area contributed by atoms with E-state index in [1.165, 1.54) is 4.90 Å². The Labute approximate surface area is 124 Å². The Morgan fingerprint density at radius 1 is 1.24 bits per heavy atom. The molecule has 2 amide bonds. The van der Waals surface area contributed by atoms with Gasteiger partial charge in [-0.25, -0.2) is 4.90 Å². The first-order valence-electron chi connectivity index (χ1n) is 7.48. The lowest BCUT2D eigenvalue weighted by Crippen LogP contribution is -2.42. The standard InChI is InChI=1S/C16H20N2O3/c19-15-9-14(17-10-12-5-4-8-21-11-12)16(20)18(15)13-6-2-1-3-7-13/h1-3,6-7,12,14,17H,4-5,8-11H2. The van der Waals surface area contributed by atoms with Crippen LogP contribution in [0.15, 0.2) is 30.3 Å². The number of ether oxygens (including phenoxy) is 1. The van der Waals surface area contributed by atoms with Crippen molar-refractivity contribution in [2.75, 3.05) is 24.7 Å². The molecule has 2 aliphatic rings. The molecule has 5 heteroatoms. The zero-order valence-electron chi connectivity index (χ0n) is 12.0. The van der Waals surface area contributed by atoms with Gasteiger partial charge in [0, 0.05) is 13.2 Å². The molecule has 3 rings (SSSR count). The summed E-state index contributed by atoms with van der Waals surface area (Å²) in [6.45, 7) is 2.30. The van der Waals surface area contributed by atoms with E-state index in [2.05, 4.69) is 5.32 Å². The average molecular weight is 288 g/mol. The number of carbonyl (C=O) groups is 2. The minimum absolute atomic E-state index is 0.136. The highest BCUT2D eigenvalue weighted by Gasteiger charge is 2.39. The first kappa shape index (κ1) is 14.2. The summed E-state index contributed by atoms with van der Waals surface area (Å²) in [5, 5.41) is 3.24. The summed E-state index contributed by atoms with van der Waals surface area (Å²) in [6, 6.07) is 8.69. The summed E-state index contributed by atoms with van der Waals surface area (Å²) in [5.41, 5.74) is 0.651. The number of nitrogens with zero attached hydrogens (tertiary/aromatic N) is 1. The van der Waals surface area contributed by atoms with Gasteiger partial charge in [0.15, 0.2) is 0 Å². The van der Waals surface area contributed by atoms with Gasteiger partial charge in [0.25, 0.3) is 5.91 Å². The van der Waals surface area contributed by atoms with Gasteiger partial charge in [-0.1, -0.05) is 18.2 Å². The van der Waals surface area contributed by atoms with Crippen molar-refractivity contribution in [2.24, 2.45) is 5.92 Å². The Morgan fingerprint density at radius 3 is 2.76 bits per heavy atom. The monoisotopic (exact) mass is 288 g/mol. The molecule has 2 heterocycles. The van der Waals surface area contributed by atoms with Crippen molar-refractivity contribution in [3.63, 3.8) is 0 Å². The van der Waals surface area contributed by atoms with Crippen LogP contribution in [0.5, 0.6) is 0 Å². The highest BCUT2D eigenvalue weighted by molar-refractivity contribution is 6.22. The molecule has 0 aromatic heterocycles. The number of benzene rings is 1. The van der Waals surface area contributed by atoms with Gasteiger partial charge in [-0.15, -0.1) is 0 Å². The van der Waals surface area contributed by atoms with Gasteiger partial charge in [-0.05, 0) is 30.9 Å². The molecule has 0 aliphatic carbocycles. The highest BCUT2D eigenvalue weighted by Crippen LogP contribution is 2.22. The number of rotatable bonds is 4. The maximum atomic E-state index is 12.4. The minimum Gasteiger partial charge on any atom is -0.381 e.